The molecule has 1 nitrogen and oxygen atoms in total. The first kappa shape index (κ1) is 14.0. The summed E-state index contributed by atoms with van der Waals surface area (Å²) in [7, 11) is 0. The maximum absolute atomic E-state index is 13.9. The van der Waals surface area contributed by atoms with Crippen molar-refractivity contribution in [3.05, 3.63) is 59.7 Å². The fourth-order valence-corrected chi connectivity index (χ4v) is 2.79. The zero-order valence-electron chi connectivity index (χ0n) is 10.6. The average Bonchev–Trinajstić information content (AvgIpc) is 2.35. The van der Waals surface area contributed by atoms with E-state index in [0.717, 1.165) is 17.3 Å². The Kier molecular flexibility index (Phi) is 4.56. The molecular formula is C15H15F2NS. The highest BCUT2D eigenvalue weighted by molar-refractivity contribution is 7.99. The van der Waals surface area contributed by atoms with Crippen LogP contribution in [0.3, 0.4) is 0 Å². The second-order valence-corrected chi connectivity index (χ2v) is 5.49. The van der Waals surface area contributed by atoms with E-state index in [-0.39, 0.29) is 17.7 Å². The lowest BCUT2D eigenvalue weighted by molar-refractivity contribution is 0.589. The minimum atomic E-state index is -0.345. The van der Waals surface area contributed by atoms with E-state index in [9.17, 15) is 8.78 Å². The molecule has 0 heterocycles. The van der Waals surface area contributed by atoms with E-state index in [1.54, 1.807) is 24.3 Å². The van der Waals surface area contributed by atoms with Gasteiger partial charge in [0, 0.05) is 10.9 Å². The molecule has 2 rings (SSSR count). The first-order chi connectivity index (χ1) is 9.08. The summed E-state index contributed by atoms with van der Waals surface area (Å²) in [5.41, 5.74) is 6.57. The lowest BCUT2D eigenvalue weighted by atomic mass is 10.1. The van der Waals surface area contributed by atoms with E-state index < -0.39 is 0 Å². The van der Waals surface area contributed by atoms with Crippen molar-refractivity contribution in [2.75, 3.05) is 0 Å². The molecule has 0 saturated carbocycles. The number of hydrogen-bond donors (Lipinski definition) is 1. The van der Waals surface area contributed by atoms with Gasteiger partial charge in [0.05, 0.1) is 4.90 Å². The number of halogens is 2. The Morgan fingerprint density at radius 1 is 1.05 bits per heavy atom. The predicted molar refractivity (Wildman–Crippen MR) is 74.3 cm³/mol. The van der Waals surface area contributed by atoms with Gasteiger partial charge in [0.15, 0.2) is 0 Å². The molecule has 0 saturated heterocycles. The SMILES string of the molecule is CC(N)Cc1cccc(F)c1Sc1ccccc1F. The summed E-state index contributed by atoms with van der Waals surface area (Å²) in [4.78, 5) is 0.864. The highest BCUT2D eigenvalue weighted by Gasteiger charge is 2.13. The molecule has 19 heavy (non-hydrogen) atoms. The van der Waals surface area contributed by atoms with E-state index >= 15 is 0 Å². The highest BCUT2D eigenvalue weighted by atomic mass is 32.2. The Balaban J connectivity index is 2.36. The van der Waals surface area contributed by atoms with Gasteiger partial charge in [0.25, 0.3) is 0 Å². The molecule has 0 aromatic heterocycles. The van der Waals surface area contributed by atoms with Gasteiger partial charge in [-0.25, -0.2) is 8.78 Å². The first-order valence-corrected chi connectivity index (χ1v) is 6.85. The van der Waals surface area contributed by atoms with Crippen molar-refractivity contribution in [1.82, 2.24) is 0 Å². The van der Waals surface area contributed by atoms with Crippen LogP contribution >= 0.6 is 11.8 Å². The van der Waals surface area contributed by atoms with Crippen LogP contribution in [0.1, 0.15) is 12.5 Å². The molecule has 0 aliphatic carbocycles. The molecule has 2 aromatic carbocycles. The third-order valence-electron chi connectivity index (χ3n) is 2.64. The van der Waals surface area contributed by atoms with Crippen LogP contribution in [0.2, 0.25) is 0 Å². The molecule has 4 heteroatoms. The van der Waals surface area contributed by atoms with Crippen LogP contribution in [-0.2, 0) is 6.42 Å². The molecule has 2 aromatic rings. The van der Waals surface area contributed by atoms with Crippen LogP contribution in [-0.4, -0.2) is 6.04 Å². The monoisotopic (exact) mass is 279 g/mol. The fourth-order valence-electron chi connectivity index (χ4n) is 1.81. The van der Waals surface area contributed by atoms with Crippen molar-refractivity contribution in [2.24, 2.45) is 5.73 Å². The average molecular weight is 279 g/mol. The van der Waals surface area contributed by atoms with Gasteiger partial charge in [-0.05, 0) is 37.1 Å². The second-order valence-electron chi connectivity index (χ2n) is 4.44. The predicted octanol–water partition coefficient (Wildman–Crippen LogP) is 4.01. The molecule has 100 valence electrons. The van der Waals surface area contributed by atoms with Crippen LogP contribution in [0.15, 0.2) is 52.3 Å². The minimum absolute atomic E-state index is 0.0678. The maximum atomic E-state index is 13.9. The zero-order chi connectivity index (χ0) is 13.8. The van der Waals surface area contributed by atoms with Crippen molar-refractivity contribution in [3.63, 3.8) is 0 Å². The Bertz CT molecular complexity index is 570. The van der Waals surface area contributed by atoms with E-state index in [1.165, 1.54) is 12.1 Å². The third-order valence-corrected chi connectivity index (χ3v) is 3.85. The van der Waals surface area contributed by atoms with Crippen LogP contribution in [0.4, 0.5) is 8.78 Å². The summed E-state index contributed by atoms with van der Waals surface area (Å²) in [6.07, 6.45) is 0.564. The lowest BCUT2D eigenvalue weighted by Gasteiger charge is -2.12. The van der Waals surface area contributed by atoms with Crippen LogP contribution < -0.4 is 5.73 Å². The Morgan fingerprint density at radius 2 is 1.74 bits per heavy atom. The third kappa shape index (κ3) is 3.55. The van der Waals surface area contributed by atoms with E-state index in [1.807, 2.05) is 13.0 Å². The molecular weight excluding hydrogens is 264 g/mol. The molecule has 0 radical (unpaired) electrons. The smallest absolute Gasteiger partial charge is 0.137 e. The maximum Gasteiger partial charge on any atom is 0.137 e. The normalized spacial score (nSPS) is 12.4. The summed E-state index contributed by atoms with van der Waals surface area (Å²) < 4.78 is 27.6. The molecule has 0 fully saturated rings. The van der Waals surface area contributed by atoms with Gasteiger partial charge in [-0.2, -0.15) is 0 Å². The van der Waals surface area contributed by atoms with Crippen molar-refractivity contribution in [1.29, 1.82) is 0 Å². The quantitative estimate of drug-likeness (QED) is 0.915. The summed E-state index contributed by atoms with van der Waals surface area (Å²) in [6, 6.07) is 11.2. The van der Waals surface area contributed by atoms with Crippen LogP contribution in [0.25, 0.3) is 0 Å². The summed E-state index contributed by atoms with van der Waals surface area (Å²) >= 11 is 1.10. The van der Waals surface area contributed by atoms with E-state index in [0.29, 0.717) is 16.2 Å². The number of rotatable bonds is 4. The Morgan fingerprint density at radius 3 is 2.42 bits per heavy atom. The summed E-state index contributed by atoms with van der Waals surface area (Å²) in [6.45, 7) is 1.86. The fraction of sp³-hybridized carbons (Fsp3) is 0.200. The standard InChI is InChI=1S/C15H15F2NS/c1-10(18)9-11-5-4-7-13(17)15(11)19-14-8-3-2-6-12(14)16/h2-8,10H,9,18H2,1H3. The highest BCUT2D eigenvalue weighted by Crippen LogP contribution is 2.34. The topological polar surface area (TPSA) is 26.0 Å². The van der Waals surface area contributed by atoms with Gasteiger partial charge in [-0.3, -0.25) is 0 Å². The van der Waals surface area contributed by atoms with Crippen LogP contribution in [0.5, 0.6) is 0 Å². The molecule has 0 bridgehead atoms. The Labute approximate surface area is 115 Å². The van der Waals surface area contributed by atoms with Gasteiger partial charge in [0.1, 0.15) is 11.6 Å². The van der Waals surface area contributed by atoms with Gasteiger partial charge in [-0.1, -0.05) is 36.0 Å². The number of benzene rings is 2. The molecule has 0 aliphatic rings. The number of nitrogens with two attached hydrogens (primary N) is 1. The molecule has 0 amide bonds. The number of hydrogen-bond acceptors (Lipinski definition) is 2. The van der Waals surface area contributed by atoms with Gasteiger partial charge in [0.2, 0.25) is 0 Å². The lowest BCUT2D eigenvalue weighted by Crippen LogP contribution is -2.18. The van der Waals surface area contributed by atoms with E-state index in [2.05, 4.69) is 0 Å². The van der Waals surface area contributed by atoms with Crippen LogP contribution in [0, 0.1) is 11.6 Å². The largest absolute Gasteiger partial charge is 0.328 e. The molecule has 1 unspecified atom stereocenters. The Hall–Kier alpha value is -1.39. The minimum Gasteiger partial charge on any atom is -0.328 e. The van der Waals surface area contributed by atoms with Crippen molar-refractivity contribution >= 4 is 11.8 Å². The van der Waals surface area contributed by atoms with Crippen molar-refractivity contribution in [3.8, 4) is 0 Å². The summed E-state index contributed by atoms with van der Waals surface area (Å²) in [5.74, 6) is -0.686. The van der Waals surface area contributed by atoms with Crippen molar-refractivity contribution in [2.45, 2.75) is 29.2 Å². The molecule has 0 aliphatic heterocycles. The van der Waals surface area contributed by atoms with Gasteiger partial charge >= 0.3 is 0 Å². The molecule has 0 spiro atoms. The summed E-state index contributed by atoms with van der Waals surface area (Å²) in [5, 5.41) is 0. The second kappa shape index (κ2) is 6.17. The molecule has 2 N–H and O–H groups in total. The van der Waals surface area contributed by atoms with Gasteiger partial charge < -0.3 is 5.73 Å². The van der Waals surface area contributed by atoms with Crippen molar-refractivity contribution < 1.29 is 8.78 Å². The van der Waals surface area contributed by atoms with Gasteiger partial charge in [-0.15, -0.1) is 0 Å². The molecule has 1 atom stereocenters. The van der Waals surface area contributed by atoms with E-state index in [4.69, 9.17) is 5.73 Å². The first-order valence-electron chi connectivity index (χ1n) is 6.03. The zero-order valence-corrected chi connectivity index (χ0v) is 11.4.